The van der Waals surface area contributed by atoms with Gasteiger partial charge >= 0.3 is 0 Å². The Labute approximate surface area is 174 Å². The van der Waals surface area contributed by atoms with Crippen molar-refractivity contribution in [3.63, 3.8) is 0 Å². The lowest BCUT2D eigenvalue weighted by Gasteiger charge is -2.09. The highest BCUT2D eigenvalue weighted by Crippen LogP contribution is 2.31. The Morgan fingerprint density at radius 3 is 1.83 bits per heavy atom. The van der Waals surface area contributed by atoms with Gasteiger partial charge < -0.3 is 0 Å². The Morgan fingerprint density at radius 2 is 1.07 bits per heavy atom. The Kier molecular flexibility index (Phi) is 4.55. The van der Waals surface area contributed by atoms with Gasteiger partial charge in [-0.2, -0.15) is 0 Å². The van der Waals surface area contributed by atoms with Gasteiger partial charge in [0.15, 0.2) is 0 Å². The molecule has 2 nitrogen and oxygen atoms in total. The first-order valence-electron chi connectivity index (χ1n) is 9.46. The van der Waals surface area contributed by atoms with Crippen LogP contribution in [0, 0.1) is 0 Å². The minimum absolute atomic E-state index is 0.262. The SMILES string of the molecule is Clc1nc(-c2ccc(-c3cccc(-c4ccccc4)c3)cc2)c2ccccc2n1. The van der Waals surface area contributed by atoms with Crippen LogP contribution in [-0.2, 0) is 0 Å². The van der Waals surface area contributed by atoms with Gasteiger partial charge in [0.1, 0.15) is 0 Å². The van der Waals surface area contributed by atoms with Crippen molar-refractivity contribution < 1.29 is 0 Å². The molecule has 0 atom stereocenters. The smallest absolute Gasteiger partial charge is 0.218 e. The van der Waals surface area contributed by atoms with Gasteiger partial charge in [-0.15, -0.1) is 0 Å². The molecule has 0 radical (unpaired) electrons. The van der Waals surface area contributed by atoms with Crippen LogP contribution in [0.2, 0.25) is 5.28 Å². The molecule has 0 saturated heterocycles. The van der Waals surface area contributed by atoms with Gasteiger partial charge in [-0.25, -0.2) is 9.97 Å². The summed E-state index contributed by atoms with van der Waals surface area (Å²) in [6.45, 7) is 0. The van der Waals surface area contributed by atoms with Gasteiger partial charge in [-0.3, -0.25) is 0 Å². The van der Waals surface area contributed by atoms with Crippen LogP contribution in [0.4, 0.5) is 0 Å². The zero-order valence-corrected chi connectivity index (χ0v) is 16.3. The van der Waals surface area contributed by atoms with Gasteiger partial charge in [-0.1, -0.05) is 91.0 Å². The maximum atomic E-state index is 6.15. The third kappa shape index (κ3) is 3.51. The molecule has 0 fully saturated rings. The summed E-state index contributed by atoms with van der Waals surface area (Å²) in [7, 11) is 0. The summed E-state index contributed by atoms with van der Waals surface area (Å²) in [5, 5.41) is 1.26. The summed E-state index contributed by atoms with van der Waals surface area (Å²) >= 11 is 6.15. The second-order valence-electron chi connectivity index (χ2n) is 6.88. The summed E-state index contributed by atoms with van der Waals surface area (Å²) in [4.78, 5) is 8.80. The van der Waals surface area contributed by atoms with E-state index in [4.69, 9.17) is 11.6 Å². The Bertz CT molecular complexity index is 1300. The van der Waals surface area contributed by atoms with Gasteiger partial charge in [0.05, 0.1) is 11.2 Å². The predicted molar refractivity (Wildman–Crippen MR) is 121 cm³/mol. The molecule has 0 saturated carbocycles. The summed E-state index contributed by atoms with van der Waals surface area (Å²) in [6.07, 6.45) is 0. The van der Waals surface area contributed by atoms with E-state index in [-0.39, 0.29) is 5.28 Å². The van der Waals surface area contributed by atoms with Crippen LogP contribution in [0.5, 0.6) is 0 Å². The lowest BCUT2D eigenvalue weighted by molar-refractivity contribution is 1.22. The molecule has 0 aliphatic carbocycles. The zero-order valence-electron chi connectivity index (χ0n) is 15.6. The first kappa shape index (κ1) is 17.6. The summed E-state index contributed by atoms with van der Waals surface area (Å²) < 4.78 is 0. The number of halogens is 1. The monoisotopic (exact) mass is 392 g/mol. The van der Waals surface area contributed by atoms with Crippen molar-refractivity contribution in [3.8, 4) is 33.5 Å². The number of nitrogens with zero attached hydrogens (tertiary/aromatic N) is 2. The number of fused-ring (bicyclic) bond motifs is 1. The number of hydrogen-bond acceptors (Lipinski definition) is 2. The molecule has 1 aromatic heterocycles. The molecule has 5 aromatic rings. The lowest BCUT2D eigenvalue weighted by atomic mass is 9.97. The van der Waals surface area contributed by atoms with Gasteiger partial charge in [-0.05, 0) is 46.0 Å². The van der Waals surface area contributed by atoms with Crippen molar-refractivity contribution in [2.75, 3.05) is 0 Å². The maximum absolute atomic E-state index is 6.15. The van der Waals surface area contributed by atoms with E-state index in [1.807, 2.05) is 30.3 Å². The van der Waals surface area contributed by atoms with Crippen LogP contribution in [0.3, 0.4) is 0 Å². The van der Waals surface area contributed by atoms with Gasteiger partial charge in [0, 0.05) is 10.9 Å². The van der Waals surface area contributed by atoms with Gasteiger partial charge in [0.2, 0.25) is 5.28 Å². The average molecular weight is 393 g/mol. The van der Waals surface area contributed by atoms with E-state index >= 15 is 0 Å². The van der Waals surface area contributed by atoms with Crippen molar-refractivity contribution in [3.05, 3.63) is 108 Å². The first-order valence-corrected chi connectivity index (χ1v) is 9.84. The normalized spacial score (nSPS) is 10.9. The highest BCUT2D eigenvalue weighted by molar-refractivity contribution is 6.28. The average Bonchev–Trinajstić information content (AvgIpc) is 2.79. The number of para-hydroxylation sites is 1. The third-order valence-corrected chi connectivity index (χ3v) is 5.21. The Hall–Kier alpha value is -3.49. The molecule has 1 heterocycles. The Balaban J connectivity index is 1.54. The zero-order chi connectivity index (χ0) is 19.6. The van der Waals surface area contributed by atoms with E-state index in [0.29, 0.717) is 0 Å². The molecular weight excluding hydrogens is 376 g/mol. The molecule has 5 rings (SSSR count). The van der Waals surface area contributed by atoms with E-state index in [1.54, 1.807) is 0 Å². The van der Waals surface area contributed by atoms with Crippen molar-refractivity contribution in [1.82, 2.24) is 9.97 Å². The molecule has 29 heavy (non-hydrogen) atoms. The highest BCUT2D eigenvalue weighted by atomic mass is 35.5. The summed E-state index contributed by atoms with van der Waals surface area (Å²) in [6, 6.07) is 35.4. The quantitative estimate of drug-likeness (QED) is 0.301. The van der Waals surface area contributed by atoms with E-state index < -0.39 is 0 Å². The third-order valence-electron chi connectivity index (χ3n) is 5.04. The van der Waals surface area contributed by atoms with E-state index in [0.717, 1.165) is 27.7 Å². The van der Waals surface area contributed by atoms with Gasteiger partial charge in [0.25, 0.3) is 0 Å². The molecule has 0 spiro atoms. The fraction of sp³-hybridized carbons (Fsp3) is 0. The van der Waals surface area contributed by atoms with E-state index in [1.165, 1.54) is 16.7 Å². The minimum atomic E-state index is 0.262. The van der Waals surface area contributed by atoms with Crippen molar-refractivity contribution in [2.24, 2.45) is 0 Å². The van der Waals surface area contributed by atoms with E-state index in [2.05, 4.69) is 82.8 Å². The lowest BCUT2D eigenvalue weighted by Crippen LogP contribution is -1.91. The van der Waals surface area contributed by atoms with Crippen molar-refractivity contribution >= 4 is 22.5 Å². The molecule has 0 aliphatic heterocycles. The summed E-state index contributed by atoms with van der Waals surface area (Å²) in [5.41, 5.74) is 7.49. The molecule has 0 aliphatic rings. The second-order valence-corrected chi connectivity index (χ2v) is 7.22. The fourth-order valence-corrected chi connectivity index (χ4v) is 3.77. The number of rotatable bonds is 3. The molecule has 0 N–H and O–H groups in total. The van der Waals surface area contributed by atoms with Crippen LogP contribution >= 0.6 is 11.6 Å². The topological polar surface area (TPSA) is 25.8 Å². The molecule has 3 heteroatoms. The van der Waals surface area contributed by atoms with Crippen LogP contribution in [0.25, 0.3) is 44.4 Å². The number of benzene rings is 4. The first-order chi connectivity index (χ1) is 14.3. The van der Waals surface area contributed by atoms with Crippen LogP contribution < -0.4 is 0 Å². The van der Waals surface area contributed by atoms with E-state index in [9.17, 15) is 0 Å². The predicted octanol–water partition coefficient (Wildman–Crippen LogP) is 7.28. The maximum Gasteiger partial charge on any atom is 0.223 e. The Morgan fingerprint density at radius 1 is 0.483 bits per heavy atom. The molecule has 138 valence electrons. The fourth-order valence-electron chi connectivity index (χ4n) is 3.60. The minimum Gasteiger partial charge on any atom is -0.218 e. The second kappa shape index (κ2) is 7.50. The standard InChI is InChI=1S/C26H17ClN2/c27-26-28-24-12-5-4-11-23(24)25(29-26)20-15-13-19(14-16-20)22-10-6-9-21(17-22)18-7-2-1-3-8-18/h1-17H. The molecule has 0 bridgehead atoms. The highest BCUT2D eigenvalue weighted by Gasteiger charge is 2.09. The van der Waals surface area contributed by atoms with Crippen LogP contribution in [0.1, 0.15) is 0 Å². The van der Waals surface area contributed by atoms with Crippen LogP contribution in [-0.4, -0.2) is 9.97 Å². The number of hydrogen-bond donors (Lipinski definition) is 0. The number of aromatic nitrogens is 2. The van der Waals surface area contributed by atoms with Crippen molar-refractivity contribution in [1.29, 1.82) is 0 Å². The van der Waals surface area contributed by atoms with Crippen molar-refractivity contribution in [2.45, 2.75) is 0 Å². The molecule has 0 unspecified atom stereocenters. The molecule has 4 aromatic carbocycles. The largest absolute Gasteiger partial charge is 0.223 e. The van der Waals surface area contributed by atoms with Crippen LogP contribution in [0.15, 0.2) is 103 Å². The molecule has 0 amide bonds. The summed E-state index contributed by atoms with van der Waals surface area (Å²) in [5.74, 6) is 0. The molecular formula is C26H17ClN2.